The number of morpholine rings is 1. The second kappa shape index (κ2) is 10.4. The Morgan fingerprint density at radius 1 is 1.18 bits per heavy atom. The zero-order valence-electron chi connectivity index (χ0n) is 19.3. The van der Waals surface area contributed by atoms with Crippen LogP contribution in [0.4, 0.5) is 0 Å². The topological polar surface area (TPSA) is 83.0 Å². The fourth-order valence-electron chi connectivity index (χ4n) is 4.77. The first kappa shape index (κ1) is 22.6. The first-order valence-electron chi connectivity index (χ1n) is 12.0. The fraction of sp³-hybridized carbons (Fsp3) is 0.407. The lowest BCUT2D eigenvalue weighted by Crippen LogP contribution is -2.42. The third-order valence-corrected chi connectivity index (χ3v) is 6.66. The van der Waals surface area contributed by atoms with Crippen LogP contribution in [0.3, 0.4) is 0 Å². The number of rotatable bonds is 7. The molecule has 1 saturated heterocycles. The summed E-state index contributed by atoms with van der Waals surface area (Å²) in [6, 6.07) is 14.5. The van der Waals surface area contributed by atoms with E-state index in [-0.39, 0.29) is 12.5 Å². The number of nitriles is 1. The van der Waals surface area contributed by atoms with Crippen LogP contribution < -0.4 is 4.74 Å². The van der Waals surface area contributed by atoms with Gasteiger partial charge in [-0.1, -0.05) is 24.3 Å². The van der Waals surface area contributed by atoms with Crippen LogP contribution in [0.1, 0.15) is 24.8 Å². The molecule has 5 rings (SSSR count). The molecule has 0 spiro atoms. The molecule has 0 saturated carbocycles. The highest BCUT2D eigenvalue weighted by atomic mass is 16.5. The van der Waals surface area contributed by atoms with E-state index in [1.54, 1.807) is 0 Å². The van der Waals surface area contributed by atoms with Gasteiger partial charge in [0, 0.05) is 37.0 Å². The maximum absolute atomic E-state index is 10.3. The quantitative estimate of drug-likeness (QED) is 0.580. The number of aliphatic hydroxyl groups excluding tert-OH is 1. The lowest BCUT2D eigenvalue weighted by atomic mass is 9.86. The number of benzene rings is 1. The van der Waals surface area contributed by atoms with E-state index in [1.165, 1.54) is 11.1 Å². The van der Waals surface area contributed by atoms with Gasteiger partial charge in [0.15, 0.2) is 0 Å². The summed E-state index contributed by atoms with van der Waals surface area (Å²) in [5, 5.41) is 24.1. The SMILES string of the molecule is N#CC1CC=C(c2cccn3ncc(-c4ccc(OCC(O)CN5CCOCC5)cc4)c23)CC1. The van der Waals surface area contributed by atoms with Crippen molar-refractivity contribution in [3.05, 3.63) is 60.4 Å². The molecule has 1 aromatic carbocycles. The van der Waals surface area contributed by atoms with Crippen molar-refractivity contribution in [2.24, 2.45) is 5.92 Å². The lowest BCUT2D eigenvalue weighted by Gasteiger charge is -2.28. The number of allylic oxidation sites excluding steroid dienone is 2. The third-order valence-electron chi connectivity index (χ3n) is 6.66. The van der Waals surface area contributed by atoms with Crippen molar-refractivity contribution in [1.82, 2.24) is 14.5 Å². The highest BCUT2D eigenvalue weighted by molar-refractivity contribution is 5.90. The van der Waals surface area contributed by atoms with Crippen LogP contribution in [0.25, 0.3) is 22.2 Å². The molecular formula is C27H30N4O3. The summed E-state index contributed by atoms with van der Waals surface area (Å²) in [7, 11) is 0. The molecule has 2 aromatic heterocycles. The van der Waals surface area contributed by atoms with Crippen LogP contribution >= 0.6 is 0 Å². The summed E-state index contributed by atoms with van der Waals surface area (Å²) in [5.74, 6) is 0.854. The Hall–Kier alpha value is -3.18. The number of aromatic nitrogens is 2. The highest BCUT2D eigenvalue weighted by Crippen LogP contribution is 2.36. The van der Waals surface area contributed by atoms with Crippen molar-refractivity contribution >= 4 is 11.1 Å². The van der Waals surface area contributed by atoms with Crippen LogP contribution in [0.5, 0.6) is 5.75 Å². The molecule has 3 heterocycles. The van der Waals surface area contributed by atoms with E-state index in [4.69, 9.17) is 9.47 Å². The van der Waals surface area contributed by atoms with Crippen LogP contribution in [-0.2, 0) is 4.74 Å². The summed E-state index contributed by atoms with van der Waals surface area (Å²) in [6.07, 6.45) is 8.16. The maximum atomic E-state index is 10.3. The van der Waals surface area contributed by atoms with Gasteiger partial charge in [-0.05, 0) is 48.6 Å². The van der Waals surface area contributed by atoms with Gasteiger partial charge in [0.05, 0.1) is 36.9 Å². The van der Waals surface area contributed by atoms with E-state index in [9.17, 15) is 10.4 Å². The van der Waals surface area contributed by atoms with Gasteiger partial charge in [0.25, 0.3) is 0 Å². The zero-order chi connectivity index (χ0) is 23.3. The van der Waals surface area contributed by atoms with E-state index in [0.29, 0.717) is 6.54 Å². The minimum Gasteiger partial charge on any atom is -0.491 e. The Balaban J connectivity index is 1.30. The summed E-state index contributed by atoms with van der Waals surface area (Å²) in [6.45, 7) is 4.00. The molecule has 2 aliphatic rings. The molecule has 7 heteroatoms. The van der Waals surface area contributed by atoms with E-state index in [2.05, 4.69) is 28.2 Å². The first-order chi connectivity index (χ1) is 16.7. The lowest BCUT2D eigenvalue weighted by molar-refractivity contribution is 0.00466. The van der Waals surface area contributed by atoms with Gasteiger partial charge in [-0.3, -0.25) is 4.90 Å². The van der Waals surface area contributed by atoms with Crippen molar-refractivity contribution in [2.45, 2.75) is 25.4 Å². The summed E-state index contributed by atoms with van der Waals surface area (Å²) in [4.78, 5) is 2.20. The Kier molecular flexibility index (Phi) is 6.91. The molecule has 34 heavy (non-hydrogen) atoms. The second-order valence-electron chi connectivity index (χ2n) is 9.01. The van der Waals surface area contributed by atoms with Crippen molar-refractivity contribution < 1.29 is 14.6 Å². The van der Waals surface area contributed by atoms with E-state index in [1.807, 2.05) is 47.2 Å². The minimum atomic E-state index is -0.538. The first-order valence-corrected chi connectivity index (χ1v) is 12.0. The number of pyridine rings is 1. The van der Waals surface area contributed by atoms with Gasteiger partial charge in [-0.25, -0.2) is 4.52 Å². The number of hydrogen-bond donors (Lipinski definition) is 1. The number of ether oxygens (including phenoxy) is 2. The highest BCUT2D eigenvalue weighted by Gasteiger charge is 2.19. The van der Waals surface area contributed by atoms with Gasteiger partial charge < -0.3 is 14.6 Å². The van der Waals surface area contributed by atoms with Gasteiger partial charge in [-0.15, -0.1) is 0 Å². The third kappa shape index (κ3) is 5.00. The molecule has 1 N–H and O–H groups in total. The van der Waals surface area contributed by atoms with E-state index < -0.39 is 6.10 Å². The number of fused-ring (bicyclic) bond motifs is 1. The molecule has 0 radical (unpaired) electrons. The van der Waals surface area contributed by atoms with Crippen molar-refractivity contribution in [3.63, 3.8) is 0 Å². The standard InChI is InChI=1S/C27H30N4O3/c28-16-20-3-5-21(6-4-20)25-2-1-11-31-27(25)26(17-29-31)22-7-9-24(10-8-22)34-19-23(32)18-30-12-14-33-15-13-30/h1-2,5,7-11,17,20,23,32H,3-4,6,12-15,18-19H2. The zero-order valence-corrected chi connectivity index (χ0v) is 19.3. The molecule has 0 amide bonds. The smallest absolute Gasteiger partial charge is 0.119 e. The summed E-state index contributed by atoms with van der Waals surface area (Å²) in [5.41, 5.74) is 5.68. The molecule has 1 fully saturated rings. The molecule has 2 atom stereocenters. The largest absolute Gasteiger partial charge is 0.491 e. The maximum Gasteiger partial charge on any atom is 0.119 e. The van der Waals surface area contributed by atoms with Crippen LogP contribution in [0.15, 0.2) is 54.9 Å². The van der Waals surface area contributed by atoms with Gasteiger partial charge in [-0.2, -0.15) is 10.4 Å². The Labute approximate surface area is 199 Å². The second-order valence-corrected chi connectivity index (χ2v) is 9.01. The number of nitrogens with zero attached hydrogens (tertiary/aromatic N) is 4. The van der Waals surface area contributed by atoms with Crippen LogP contribution in [-0.4, -0.2) is 65.2 Å². The Morgan fingerprint density at radius 3 is 2.74 bits per heavy atom. The summed E-state index contributed by atoms with van der Waals surface area (Å²) >= 11 is 0. The number of aliphatic hydroxyl groups is 1. The van der Waals surface area contributed by atoms with E-state index in [0.717, 1.165) is 68.0 Å². The van der Waals surface area contributed by atoms with Crippen molar-refractivity contribution in [3.8, 4) is 22.9 Å². The normalized spacial score (nSPS) is 20.0. The number of hydrogen-bond acceptors (Lipinski definition) is 6. The molecule has 2 unspecified atom stereocenters. The van der Waals surface area contributed by atoms with Gasteiger partial charge >= 0.3 is 0 Å². The molecule has 7 nitrogen and oxygen atoms in total. The Morgan fingerprint density at radius 2 is 2.00 bits per heavy atom. The monoisotopic (exact) mass is 458 g/mol. The Bertz CT molecular complexity index is 1190. The average molecular weight is 459 g/mol. The predicted octanol–water partition coefficient (Wildman–Crippen LogP) is 3.78. The van der Waals surface area contributed by atoms with Crippen LogP contribution in [0, 0.1) is 17.2 Å². The minimum absolute atomic E-state index is 0.118. The van der Waals surface area contributed by atoms with Crippen molar-refractivity contribution in [1.29, 1.82) is 5.26 Å². The van der Waals surface area contributed by atoms with E-state index >= 15 is 0 Å². The molecule has 1 aliphatic carbocycles. The molecule has 3 aromatic rings. The molecule has 0 bridgehead atoms. The molecule has 1 aliphatic heterocycles. The average Bonchev–Trinajstić information content (AvgIpc) is 3.33. The van der Waals surface area contributed by atoms with Crippen LogP contribution in [0.2, 0.25) is 0 Å². The fourth-order valence-corrected chi connectivity index (χ4v) is 4.77. The predicted molar refractivity (Wildman–Crippen MR) is 130 cm³/mol. The van der Waals surface area contributed by atoms with Crippen molar-refractivity contribution in [2.75, 3.05) is 39.5 Å². The van der Waals surface area contributed by atoms with Gasteiger partial charge in [0.1, 0.15) is 18.5 Å². The molecular weight excluding hydrogens is 428 g/mol. The summed E-state index contributed by atoms with van der Waals surface area (Å²) < 4.78 is 13.1. The van der Waals surface area contributed by atoms with Gasteiger partial charge in [0.2, 0.25) is 0 Å². The number of β-amino-alcohol motifs (C(OH)–C–C–N with tert-alkyl or cyclic N) is 1. The molecule has 176 valence electrons.